The molecule has 0 unspecified atom stereocenters. The summed E-state index contributed by atoms with van der Waals surface area (Å²) in [6, 6.07) is 9.49. The van der Waals surface area contributed by atoms with Gasteiger partial charge in [-0.1, -0.05) is 18.2 Å². The van der Waals surface area contributed by atoms with Crippen molar-refractivity contribution in [3.05, 3.63) is 30.3 Å². The van der Waals surface area contributed by atoms with Gasteiger partial charge in [0, 0.05) is 5.69 Å². The molecule has 0 fully saturated rings. The molecule has 38 valence electrons. The van der Waals surface area contributed by atoms with Gasteiger partial charge in [-0.15, -0.1) is 0 Å². The predicted octanol–water partition coefficient (Wildman–Crippen LogP) is 0.888. The second-order valence-corrected chi connectivity index (χ2v) is 1.41. The first-order valence-corrected chi connectivity index (χ1v) is 2.20. The fraction of sp³-hybridized carbons (Fsp3) is 0. The minimum atomic E-state index is 0. The van der Waals surface area contributed by atoms with Gasteiger partial charge in [-0.25, -0.2) is 0 Å². The number of hydrogen-bond acceptors (Lipinski definition) is 1. The van der Waals surface area contributed by atoms with Crippen molar-refractivity contribution in [2.24, 2.45) is 0 Å². The van der Waals surface area contributed by atoms with Gasteiger partial charge in [-0.2, -0.15) is 0 Å². The molecule has 1 rings (SSSR count). The van der Waals surface area contributed by atoms with Crippen LogP contribution in [-0.2, 0) is 0 Å². The summed E-state index contributed by atoms with van der Waals surface area (Å²) in [6.45, 7) is 0. The Morgan fingerprint density at radius 2 is 1.50 bits per heavy atom. The fourth-order valence-electron chi connectivity index (χ4n) is 0.453. The summed E-state index contributed by atoms with van der Waals surface area (Å²) in [5.41, 5.74) is 6.18. The summed E-state index contributed by atoms with van der Waals surface area (Å²) in [6.07, 6.45) is 0. The van der Waals surface area contributed by atoms with Crippen molar-refractivity contribution in [1.29, 1.82) is 0 Å². The zero-order chi connectivity index (χ0) is 5.11. The monoisotopic (exact) mass is 214 g/mol. The maximum Gasteiger partial charge on any atom is 3.00 e. The van der Waals surface area contributed by atoms with Crippen LogP contribution in [0.1, 0.15) is 0 Å². The molecule has 0 aliphatic carbocycles. The van der Waals surface area contributed by atoms with Gasteiger partial charge < -0.3 is 5.73 Å². The van der Waals surface area contributed by atoms with Crippen LogP contribution in [0.2, 0.25) is 0 Å². The molecule has 0 aliphatic rings. The largest absolute Gasteiger partial charge is 3.00 e. The van der Waals surface area contributed by atoms with E-state index < -0.39 is 0 Å². The number of rotatable bonds is 0. The van der Waals surface area contributed by atoms with Gasteiger partial charge in [0.1, 0.15) is 0 Å². The van der Waals surface area contributed by atoms with Gasteiger partial charge in [0.25, 0.3) is 0 Å². The quantitative estimate of drug-likeness (QED) is 0.504. The second kappa shape index (κ2) is 3.79. The average molecular weight is 215 g/mol. The first kappa shape index (κ1) is 7.84. The van der Waals surface area contributed by atoms with Crippen LogP contribution in [0, 0.1) is 0 Å². The number of nitrogens with two attached hydrogens (primary N) is 1. The molecule has 0 amide bonds. The minimum absolute atomic E-state index is 0. The van der Waals surface area contributed by atoms with Crippen LogP contribution < -0.4 is 5.73 Å². The van der Waals surface area contributed by atoms with Gasteiger partial charge >= 0.3 is 24.4 Å². The summed E-state index contributed by atoms with van der Waals surface area (Å²) in [5, 5.41) is 0. The van der Waals surface area contributed by atoms with Crippen molar-refractivity contribution in [3.8, 4) is 0 Å². The van der Waals surface area contributed by atoms with E-state index in [0.29, 0.717) is 0 Å². The third kappa shape index (κ3) is 2.22. The molecule has 0 aromatic heterocycles. The summed E-state index contributed by atoms with van der Waals surface area (Å²) >= 11 is 0. The maximum absolute atomic E-state index is 5.36. The topological polar surface area (TPSA) is 26.0 Å². The third-order valence-electron chi connectivity index (χ3n) is 0.800. The van der Waals surface area contributed by atoms with Crippen LogP contribution in [0.3, 0.4) is 0 Å². The van der Waals surface area contributed by atoms with Gasteiger partial charge in [-0.3, -0.25) is 0 Å². The van der Waals surface area contributed by atoms with E-state index >= 15 is 0 Å². The standard InChI is InChI=1S/C6H7N.Sb/c7-6-4-2-1-3-5-6;/h1-5H,7H2;/q;+3. The molecule has 1 aromatic rings. The molecule has 0 saturated carbocycles. The van der Waals surface area contributed by atoms with E-state index in [-0.39, 0.29) is 24.4 Å². The van der Waals surface area contributed by atoms with Crippen LogP contribution in [0.5, 0.6) is 0 Å². The smallest absolute Gasteiger partial charge is 0.399 e. The molecule has 0 saturated heterocycles. The molecule has 0 spiro atoms. The Hall–Kier alpha value is -0.162. The molecule has 2 N–H and O–H groups in total. The maximum atomic E-state index is 5.36. The number of anilines is 1. The van der Waals surface area contributed by atoms with Crippen LogP contribution in [-0.4, -0.2) is 24.4 Å². The van der Waals surface area contributed by atoms with E-state index in [1.165, 1.54) is 0 Å². The summed E-state index contributed by atoms with van der Waals surface area (Å²) < 4.78 is 0. The van der Waals surface area contributed by atoms with Crippen molar-refractivity contribution in [2.75, 3.05) is 5.73 Å². The summed E-state index contributed by atoms with van der Waals surface area (Å²) in [7, 11) is 0. The van der Waals surface area contributed by atoms with E-state index in [4.69, 9.17) is 5.73 Å². The zero-order valence-electron chi connectivity index (χ0n) is 4.41. The van der Waals surface area contributed by atoms with E-state index in [2.05, 4.69) is 0 Å². The van der Waals surface area contributed by atoms with Crippen LogP contribution >= 0.6 is 0 Å². The molecule has 1 nitrogen and oxygen atoms in total. The van der Waals surface area contributed by atoms with Crippen LogP contribution in [0.15, 0.2) is 30.3 Å². The van der Waals surface area contributed by atoms with Gasteiger partial charge in [0.15, 0.2) is 0 Å². The number of para-hydroxylation sites is 1. The van der Waals surface area contributed by atoms with Crippen molar-refractivity contribution >= 4 is 30.1 Å². The Morgan fingerprint density at radius 1 is 1.00 bits per heavy atom. The summed E-state index contributed by atoms with van der Waals surface area (Å²) in [5.74, 6) is 0. The molecule has 1 aromatic carbocycles. The number of hydrogen-bond donors (Lipinski definition) is 1. The van der Waals surface area contributed by atoms with Gasteiger partial charge in [0.05, 0.1) is 0 Å². The average Bonchev–Trinajstić information content (AvgIpc) is 1.69. The Kier molecular flexibility index (Phi) is 3.72. The Labute approximate surface area is 66.3 Å². The minimum Gasteiger partial charge on any atom is -0.399 e. The van der Waals surface area contributed by atoms with Crippen molar-refractivity contribution in [2.45, 2.75) is 0 Å². The number of nitrogen functional groups attached to an aromatic ring is 1. The molecule has 0 aliphatic heterocycles. The Bertz CT molecular complexity index is 138. The van der Waals surface area contributed by atoms with Crippen LogP contribution in [0.4, 0.5) is 5.69 Å². The number of benzene rings is 1. The molecule has 0 atom stereocenters. The molecule has 8 heavy (non-hydrogen) atoms. The molecule has 0 bridgehead atoms. The summed E-state index contributed by atoms with van der Waals surface area (Å²) in [4.78, 5) is 0. The van der Waals surface area contributed by atoms with E-state index in [1.54, 1.807) is 0 Å². The second-order valence-electron chi connectivity index (χ2n) is 1.41. The van der Waals surface area contributed by atoms with E-state index in [1.807, 2.05) is 30.3 Å². The first-order valence-electron chi connectivity index (χ1n) is 2.20. The first-order chi connectivity index (χ1) is 3.39. The zero-order valence-corrected chi connectivity index (χ0v) is 6.96. The Balaban J connectivity index is 0.000000490. The molecular weight excluding hydrogens is 208 g/mol. The SMILES string of the molecule is Nc1ccccc1.[Sb+3]. The fourth-order valence-corrected chi connectivity index (χ4v) is 0.453. The normalized spacial score (nSPS) is 7.50. The van der Waals surface area contributed by atoms with Gasteiger partial charge in [-0.05, 0) is 12.1 Å². The molecule has 2 heteroatoms. The van der Waals surface area contributed by atoms with Crippen molar-refractivity contribution < 1.29 is 0 Å². The molecular formula is C6H7NSb+3. The van der Waals surface area contributed by atoms with Crippen molar-refractivity contribution in [1.82, 2.24) is 0 Å². The predicted molar refractivity (Wildman–Crippen MR) is 36.6 cm³/mol. The third-order valence-corrected chi connectivity index (χ3v) is 0.800. The van der Waals surface area contributed by atoms with Crippen LogP contribution in [0.25, 0.3) is 0 Å². The van der Waals surface area contributed by atoms with E-state index in [9.17, 15) is 0 Å². The Morgan fingerprint density at radius 3 is 1.75 bits per heavy atom. The molecule has 2 radical (unpaired) electrons. The molecule has 0 heterocycles. The van der Waals surface area contributed by atoms with Gasteiger partial charge in [0.2, 0.25) is 0 Å². The van der Waals surface area contributed by atoms with E-state index in [0.717, 1.165) is 5.69 Å². The van der Waals surface area contributed by atoms with Crippen molar-refractivity contribution in [3.63, 3.8) is 0 Å².